The molecular weight excluding hydrogens is 414 g/mol. The van der Waals surface area contributed by atoms with Crippen LogP contribution >= 0.6 is 0 Å². The maximum Gasteiger partial charge on any atom is 0.403 e. The fourth-order valence-corrected chi connectivity index (χ4v) is 4.08. The van der Waals surface area contributed by atoms with E-state index < -0.39 is 12.2 Å². The summed E-state index contributed by atoms with van der Waals surface area (Å²) in [5, 5.41) is 3.38. The van der Waals surface area contributed by atoms with E-state index in [9.17, 15) is 17.6 Å². The number of benzene rings is 1. The summed E-state index contributed by atoms with van der Waals surface area (Å²) < 4.78 is 57.9. The van der Waals surface area contributed by atoms with E-state index in [1.54, 1.807) is 19.2 Å². The summed E-state index contributed by atoms with van der Waals surface area (Å²) in [6.45, 7) is 6.19. The van der Waals surface area contributed by atoms with Crippen LogP contribution in [0.3, 0.4) is 0 Å². The van der Waals surface area contributed by atoms with E-state index in [1.165, 1.54) is 24.0 Å². The van der Waals surface area contributed by atoms with Gasteiger partial charge in [0.15, 0.2) is 5.96 Å². The van der Waals surface area contributed by atoms with E-state index in [4.69, 9.17) is 4.74 Å². The predicted octanol–water partition coefficient (Wildman–Crippen LogP) is 2.34. The Morgan fingerprint density at radius 2 is 1.65 bits per heavy atom. The fourth-order valence-electron chi connectivity index (χ4n) is 4.08. The third-order valence-electron chi connectivity index (χ3n) is 6.04. The molecule has 0 radical (unpaired) electrons. The molecule has 0 saturated carbocycles. The molecule has 2 unspecified atom stereocenters. The van der Waals surface area contributed by atoms with Gasteiger partial charge in [-0.3, -0.25) is 14.8 Å². The van der Waals surface area contributed by atoms with Crippen molar-refractivity contribution in [2.75, 3.05) is 66.1 Å². The molecule has 2 aliphatic heterocycles. The van der Waals surface area contributed by atoms with Gasteiger partial charge in [-0.1, -0.05) is 12.1 Å². The fraction of sp³-hybridized carbons (Fsp3) is 0.667. The summed E-state index contributed by atoms with van der Waals surface area (Å²) in [5.74, 6) is 0.388. The number of hydrogen-bond donors (Lipinski definition) is 1. The number of ether oxygens (including phenoxy) is 1. The average molecular weight is 446 g/mol. The van der Waals surface area contributed by atoms with E-state index in [0.717, 1.165) is 18.7 Å². The maximum atomic E-state index is 13.4. The van der Waals surface area contributed by atoms with Crippen molar-refractivity contribution < 1.29 is 22.3 Å². The first-order valence-corrected chi connectivity index (χ1v) is 10.6. The summed E-state index contributed by atoms with van der Waals surface area (Å²) in [5.41, 5.74) is 0.995. The second-order valence-electron chi connectivity index (χ2n) is 7.88. The lowest BCUT2D eigenvalue weighted by Crippen LogP contribution is -2.57. The average Bonchev–Trinajstić information content (AvgIpc) is 2.77. The summed E-state index contributed by atoms with van der Waals surface area (Å²) in [7, 11) is 1.68. The zero-order valence-electron chi connectivity index (χ0n) is 18.0. The lowest BCUT2D eigenvalue weighted by atomic mass is 10.0. The van der Waals surface area contributed by atoms with Crippen LogP contribution in [0.4, 0.5) is 17.6 Å². The lowest BCUT2D eigenvalue weighted by molar-refractivity contribution is -0.181. The molecule has 1 aromatic rings. The van der Waals surface area contributed by atoms with Gasteiger partial charge < -0.3 is 15.0 Å². The second kappa shape index (κ2) is 10.6. The Balaban J connectivity index is 1.61. The van der Waals surface area contributed by atoms with Gasteiger partial charge in [0.05, 0.1) is 19.3 Å². The first kappa shape index (κ1) is 23.7. The normalized spacial score (nSPS) is 21.7. The summed E-state index contributed by atoms with van der Waals surface area (Å²) >= 11 is 0. The van der Waals surface area contributed by atoms with Crippen LogP contribution in [0, 0.1) is 5.82 Å². The molecule has 2 heterocycles. The van der Waals surface area contributed by atoms with Crippen molar-refractivity contribution in [3.05, 3.63) is 35.6 Å². The molecule has 0 spiro atoms. The highest BCUT2D eigenvalue weighted by atomic mass is 19.4. The largest absolute Gasteiger partial charge is 0.403 e. The monoisotopic (exact) mass is 445 g/mol. The molecule has 0 amide bonds. The lowest BCUT2D eigenvalue weighted by Gasteiger charge is -2.40. The van der Waals surface area contributed by atoms with Crippen LogP contribution in [0.2, 0.25) is 0 Å². The number of morpholine rings is 1. The van der Waals surface area contributed by atoms with Crippen molar-refractivity contribution >= 4 is 5.96 Å². The first-order valence-electron chi connectivity index (χ1n) is 10.6. The van der Waals surface area contributed by atoms with E-state index in [2.05, 4.69) is 15.2 Å². The highest BCUT2D eigenvalue weighted by molar-refractivity contribution is 5.80. The highest BCUT2D eigenvalue weighted by Gasteiger charge is 2.41. The number of piperazine rings is 1. The summed E-state index contributed by atoms with van der Waals surface area (Å²) in [6, 6.07) is 5.05. The first-order chi connectivity index (χ1) is 14.8. The predicted molar refractivity (Wildman–Crippen MR) is 112 cm³/mol. The van der Waals surface area contributed by atoms with Crippen LogP contribution in [0.25, 0.3) is 0 Å². The van der Waals surface area contributed by atoms with Crippen molar-refractivity contribution in [3.8, 4) is 0 Å². The number of hydrogen-bond acceptors (Lipinski definition) is 4. The van der Waals surface area contributed by atoms with Gasteiger partial charge in [-0.05, 0) is 24.6 Å². The number of nitrogens with one attached hydrogen (secondary N) is 1. The SMILES string of the molecule is CN=C(NCC(c1ccc(F)cc1)N1CCOCC1)N1CCN(C(C)C(F)(F)F)CC1. The van der Waals surface area contributed by atoms with Crippen molar-refractivity contribution in [3.63, 3.8) is 0 Å². The van der Waals surface area contributed by atoms with E-state index >= 15 is 0 Å². The van der Waals surface area contributed by atoms with E-state index in [-0.39, 0.29) is 11.9 Å². The molecule has 31 heavy (non-hydrogen) atoms. The Morgan fingerprint density at radius 1 is 1.03 bits per heavy atom. The molecular formula is C21H31F4N5O. The zero-order valence-corrected chi connectivity index (χ0v) is 18.0. The maximum absolute atomic E-state index is 13.4. The van der Waals surface area contributed by atoms with Gasteiger partial charge in [0.25, 0.3) is 0 Å². The number of rotatable bonds is 5. The third kappa shape index (κ3) is 6.30. The smallest absolute Gasteiger partial charge is 0.379 e. The van der Waals surface area contributed by atoms with Crippen molar-refractivity contribution in [1.82, 2.24) is 20.0 Å². The van der Waals surface area contributed by atoms with Crippen LogP contribution in [-0.4, -0.2) is 99.0 Å². The van der Waals surface area contributed by atoms with E-state index in [0.29, 0.717) is 51.9 Å². The molecule has 10 heteroatoms. The van der Waals surface area contributed by atoms with Gasteiger partial charge in [-0.15, -0.1) is 0 Å². The standard InChI is InChI=1S/C21H31F4N5O/c1-16(21(23,24)25)28-7-9-30(10-8-28)20(26-2)27-15-19(29-11-13-31-14-12-29)17-3-5-18(22)6-4-17/h3-6,16,19H,7-15H2,1-2H3,(H,26,27). The molecule has 1 N–H and O–H groups in total. The molecule has 1 aromatic carbocycles. The summed E-state index contributed by atoms with van der Waals surface area (Å²) in [6.07, 6.45) is -4.22. The van der Waals surface area contributed by atoms with Gasteiger partial charge >= 0.3 is 6.18 Å². The number of halogens is 4. The molecule has 6 nitrogen and oxygen atoms in total. The zero-order chi connectivity index (χ0) is 22.4. The Bertz CT molecular complexity index is 713. The van der Waals surface area contributed by atoms with Crippen LogP contribution < -0.4 is 5.32 Å². The molecule has 0 bridgehead atoms. The minimum atomic E-state index is -4.22. The number of guanidine groups is 1. The van der Waals surface area contributed by atoms with Crippen molar-refractivity contribution in [1.29, 1.82) is 0 Å². The Labute approximate surface area is 180 Å². The van der Waals surface area contributed by atoms with E-state index in [1.807, 2.05) is 4.90 Å². The molecule has 2 atom stereocenters. The number of aliphatic imine (C=N–C) groups is 1. The molecule has 3 rings (SSSR count). The minimum Gasteiger partial charge on any atom is -0.379 e. The van der Waals surface area contributed by atoms with Crippen LogP contribution in [0.15, 0.2) is 29.3 Å². The van der Waals surface area contributed by atoms with Crippen LogP contribution in [-0.2, 0) is 4.74 Å². The quantitative estimate of drug-likeness (QED) is 0.428. The Morgan fingerprint density at radius 3 is 2.19 bits per heavy atom. The molecule has 0 aromatic heterocycles. The van der Waals surface area contributed by atoms with Gasteiger partial charge in [-0.25, -0.2) is 4.39 Å². The van der Waals surface area contributed by atoms with Gasteiger partial charge in [0.1, 0.15) is 11.9 Å². The second-order valence-corrected chi connectivity index (χ2v) is 7.88. The van der Waals surface area contributed by atoms with Gasteiger partial charge in [0, 0.05) is 52.9 Å². The van der Waals surface area contributed by atoms with Crippen LogP contribution in [0.5, 0.6) is 0 Å². The number of nitrogens with zero attached hydrogens (tertiary/aromatic N) is 4. The molecule has 2 fully saturated rings. The Kier molecular flexibility index (Phi) is 8.12. The third-order valence-corrected chi connectivity index (χ3v) is 6.04. The highest BCUT2D eigenvalue weighted by Crippen LogP contribution is 2.25. The van der Waals surface area contributed by atoms with Gasteiger partial charge in [-0.2, -0.15) is 13.2 Å². The molecule has 2 aliphatic rings. The van der Waals surface area contributed by atoms with Crippen molar-refractivity contribution in [2.24, 2.45) is 4.99 Å². The number of alkyl halides is 3. The molecule has 174 valence electrons. The van der Waals surface area contributed by atoms with Crippen LogP contribution in [0.1, 0.15) is 18.5 Å². The Hall–Kier alpha value is -1.91. The van der Waals surface area contributed by atoms with Gasteiger partial charge in [0.2, 0.25) is 0 Å². The summed E-state index contributed by atoms with van der Waals surface area (Å²) in [4.78, 5) is 10.1. The topological polar surface area (TPSA) is 43.3 Å². The molecule has 0 aliphatic carbocycles. The molecule has 2 saturated heterocycles. The minimum absolute atomic E-state index is 0.00721. The van der Waals surface area contributed by atoms with Crippen molar-refractivity contribution in [2.45, 2.75) is 25.2 Å².